The van der Waals surface area contributed by atoms with Crippen molar-refractivity contribution in [3.8, 4) is 17.2 Å². The molecule has 0 radical (unpaired) electrons. The van der Waals surface area contributed by atoms with Crippen LogP contribution in [0.25, 0.3) is 0 Å². The quantitative estimate of drug-likeness (QED) is 0.442. The van der Waals surface area contributed by atoms with Gasteiger partial charge in [-0.2, -0.15) is 5.10 Å². The van der Waals surface area contributed by atoms with E-state index in [2.05, 4.69) is 5.10 Å². The fourth-order valence-electron chi connectivity index (χ4n) is 3.27. The van der Waals surface area contributed by atoms with Gasteiger partial charge >= 0.3 is 0 Å². The average Bonchev–Trinajstić information content (AvgIpc) is 2.81. The highest BCUT2D eigenvalue weighted by Gasteiger charge is 2.50. The predicted octanol–water partition coefficient (Wildman–Crippen LogP) is 4.07. The van der Waals surface area contributed by atoms with Crippen LogP contribution in [0.15, 0.2) is 84.0 Å². The van der Waals surface area contributed by atoms with Crippen molar-refractivity contribution in [2.24, 2.45) is 5.10 Å². The zero-order valence-corrected chi connectivity index (χ0v) is 16.8. The highest BCUT2D eigenvalue weighted by atomic mass is 16.5. The number of hydrazone groups is 1. The standard InChI is InChI=1S/C24H22N2O4/c1-28-19-12-8-17(9-13-19)16-25-26-22(18-10-14-20(29-2)15-11-18)23(24(26)27)30-21-6-4-3-5-7-21/h3-16,22-23H,1-2H3/b25-16-/t22-,23-/m0/s1. The Hall–Kier alpha value is -3.80. The molecule has 6 nitrogen and oxygen atoms in total. The molecule has 152 valence electrons. The van der Waals surface area contributed by atoms with E-state index in [0.29, 0.717) is 5.75 Å². The molecule has 0 N–H and O–H groups in total. The molecule has 0 spiro atoms. The van der Waals surface area contributed by atoms with Crippen molar-refractivity contribution < 1.29 is 19.0 Å². The van der Waals surface area contributed by atoms with E-state index in [9.17, 15) is 4.79 Å². The molecule has 2 atom stereocenters. The number of ether oxygens (including phenoxy) is 3. The van der Waals surface area contributed by atoms with Gasteiger partial charge in [0.15, 0.2) is 0 Å². The lowest BCUT2D eigenvalue weighted by molar-refractivity contribution is -0.164. The number of β-lactam (4-membered cyclic amide) rings is 1. The Morgan fingerprint density at radius 2 is 1.40 bits per heavy atom. The first-order valence-electron chi connectivity index (χ1n) is 9.56. The van der Waals surface area contributed by atoms with E-state index < -0.39 is 6.10 Å². The molecule has 30 heavy (non-hydrogen) atoms. The van der Waals surface area contributed by atoms with Crippen molar-refractivity contribution in [2.45, 2.75) is 12.1 Å². The summed E-state index contributed by atoms with van der Waals surface area (Å²) in [5, 5.41) is 5.89. The molecule has 1 saturated heterocycles. The van der Waals surface area contributed by atoms with E-state index in [4.69, 9.17) is 14.2 Å². The van der Waals surface area contributed by atoms with E-state index in [1.54, 1.807) is 20.4 Å². The largest absolute Gasteiger partial charge is 0.497 e. The van der Waals surface area contributed by atoms with E-state index in [-0.39, 0.29) is 11.9 Å². The Bertz CT molecular complexity index is 1020. The van der Waals surface area contributed by atoms with Crippen LogP contribution < -0.4 is 14.2 Å². The first-order valence-corrected chi connectivity index (χ1v) is 9.56. The summed E-state index contributed by atoms with van der Waals surface area (Å²) in [7, 11) is 3.24. The number of rotatable bonds is 7. The minimum absolute atomic E-state index is 0.190. The second-order valence-corrected chi connectivity index (χ2v) is 6.77. The van der Waals surface area contributed by atoms with Crippen LogP contribution in [0.1, 0.15) is 17.2 Å². The molecular formula is C24H22N2O4. The summed E-state index contributed by atoms with van der Waals surface area (Å²) < 4.78 is 16.4. The second-order valence-electron chi connectivity index (χ2n) is 6.77. The van der Waals surface area contributed by atoms with Gasteiger partial charge in [0.1, 0.15) is 23.3 Å². The third-order valence-electron chi connectivity index (χ3n) is 4.93. The lowest BCUT2D eigenvalue weighted by Gasteiger charge is -2.43. The molecule has 1 heterocycles. The average molecular weight is 402 g/mol. The second kappa shape index (κ2) is 8.69. The van der Waals surface area contributed by atoms with Crippen molar-refractivity contribution >= 4 is 12.1 Å². The van der Waals surface area contributed by atoms with Crippen molar-refractivity contribution in [2.75, 3.05) is 14.2 Å². The van der Waals surface area contributed by atoms with Gasteiger partial charge in [0.2, 0.25) is 6.10 Å². The minimum Gasteiger partial charge on any atom is -0.497 e. The first kappa shape index (κ1) is 19.5. The van der Waals surface area contributed by atoms with Crippen LogP contribution in [-0.4, -0.2) is 37.5 Å². The molecule has 3 aromatic rings. The van der Waals surface area contributed by atoms with Crippen LogP contribution >= 0.6 is 0 Å². The normalized spacial score (nSPS) is 18.2. The molecule has 6 heteroatoms. The van der Waals surface area contributed by atoms with Crippen molar-refractivity contribution in [3.05, 3.63) is 90.0 Å². The zero-order chi connectivity index (χ0) is 20.9. The van der Waals surface area contributed by atoms with Crippen molar-refractivity contribution in [3.63, 3.8) is 0 Å². The number of para-hydroxylation sites is 1. The van der Waals surface area contributed by atoms with Gasteiger partial charge in [-0.25, -0.2) is 5.01 Å². The third kappa shape index (κ3) is 3.98. The highest BCUT2D eigenvalue weighted by molar-refractivity contribution is 5.91. The van der Waals surface area contributed by atoms with E-state index >= 15 is 0 Å². The number of nitrogens with zero attached hydrogens (tertiary/aromatic N) is 2. The molecule has 0 aliphatic carbocycles. The molecule has 3 aromatic carbocycles. The van der Waals surface area contributed by atoms with Crippen LogP contribution in [0, 0.1) is 0 Å². The predicted molar refractivity (Wildman–Crippen MR) is 114 cm³/mol. The number of carbonyl (C=O) groups excluding carboxylic acids is 1. The summed E-state index contributed by atoms with van der Waals surface area (Å²) in [4.78, 5) is 12.8. The smallest absolute Gasteiger partial charge is 0.287 e. The number of methoxy groups -OCH3 is 2. The lowest BCUT2D eigenvalue weighted by atomic mass is 9.92. The first-order chi connectivity index (χ1) is 14.7. The molecule has 0 saturated carbocycles. The van der Waals surface area contributed by atoms with Crippen LogP contribution in [0.4, 0.5) is 0 Å². The van der Waals surface area contributed by atoms with Crippen LogP contribution in [0.2, 0.25) is 0 Å². The SMILES string of the molecule is COc1ccc(/C=N\N2C(=O)[C@@H](Oc3ccccc3)[C@@H]2c2ccc(OC)cc2)cc1. The van der Waals surface area contributed by atoms with E-state index in [1.807, 2.05) is 78.9 Å². The summed E-state index contributed by atoms with van der Waals surface area (Å²) in [5.74, 6) is 1.97. The number of benzene rings is 3. The minimum atomic E-state index is -0.645. The molecule has 0 unspecified atom stereocenters. The fourth-order valence-corrected chi connectivity index (χ4v) is 3.27. The summed E-state index contributed by atoms with van der Waals surface area (Å²) in [6, 6.07) is 24.0. The summed E-state index contributed by atoms with van der Waals surface area (Å²) in [5.41, 5.74) is 1.78. The molecule has 0 aromatic heterocycles. The Labute approximate surface area is 175 Å². The maximum atomic E-state index is 12.8. The van der Waals surface area contributed by atoms with Gasteiger partial charge in [-0.15, -0.1) is 0 Å². The van der Waals surface area contributed by atoms with E-state index in [0.717, 1.165) is 22.6 Å². The third-order valence-corrected chi connectivity index (χ3v) is 4.93. The monoisotopic (exact) mass is 402 g/mol. The molecule has 1 aliphatic heterocycles. The lowest BCUT2D eigenvalue weighted by Crippen LogP contribution is -2.58. The van der Waals surface area contributed by atoms with Crippen LogP contribution in [-0.2, 0) is 4.79 Å². The summed E-state index contributed by atoms with van der Waals surface area (Å²) >= 11 is 0. The van der Waals surface area contributed by atoms with Crippen molar-refractivity contribution in [1.29, 1.82) is 0 Å². The molecule has 1 aliphatic rings. The molecule has 4 rings (SSSR count). The van der Waals surface area contributed by atoms with E-state index in [1.165, 1.54) is 5.01 Å². The number of hydrogen-bond donors (Lipinski definition) is 0. The van der Waals surface area contributed by atoms with Gasteiger partial charge in [-0.05, 0) is 59.7 Å². The zero-order valence-electron chi connectivity index (χ0n) is 16.8. The van der Waals surface area contributed by atoms with Crippen LogP contribution in [0.3, 0.4) is 0 Å². The van der Waals surface area contributed by atoms with Gasteiger partial charge in [0.25, 0.3) is 5.91 Å². The van der Waals surface area contributed by atoms with Gasteiger partial charge in [-0.1, -0.05) is 30.3 Å². The maximum Gasteiger partial charge on any atom is 0.287 e. The van der Waals surface area contributed by atoms with Gasteiger partial charge in [0.05, 0.1) is 20.4 Å². The van der Waals surface area contributed by atoms with Gasteiger partial charge < -0.3 is 14.2 Å². The van der Waals surface area contributed by atoms with Gasteiger partial charge in [-0.3, -0.25) is 4.79 Å². The van der Waals surface area contributed by atoms with Gasteiger partial charge in [0, 0.05) is 0 Å². The molecule has 1 fully saturated rings. The fraction of sp³-hybridized carbons (Fsp3) is 0.167. The molecule has 0 bridgehead atoms. The molecular weight excluding hydrogens is 380 g/mol. The topological polar surface area (TPSA) is 60.4 Å². The Morgan fingerprint density at radius 3 is 2.00 bits per heavy atom. The van der Waals surface area contributed by atoms with Crippen LogP contribution in [0.5, 0.6) is 17.2 Å². The Balaban J connectivity index is 1.58. The number of carbonyl (C=O) groups is 1. The maximum absolute atomic E-state index is 12.8. The summed E-state index contributed by atoms with van der Waals surface area (Å²) in [6.45, 7) is 0. The summed E-state index contributed by atoms with van der Waals surface area (Å²) in [6.07, 6.45) is 1.01. The Morgan fingerprint density at radius 1 is 0.800 bits per heavy atom. The number of hydrogen-bond acceptors (Lipinski definition) is 5. The Kier molecular flexibility index (Phi) is 5.66. The number of amides is 1. The molecule has 1 amide bonds. The van der Waals surface area contributed by atoms with Crippen molar-refractivity contribution in [1.82, 2.24) is 5.01 Å². The highest BCUT2D eigenvalue weighted by Crippen LogP contribution is 2.38.